The van der Waals surface area contributed by atoms with Crippen molar-refractivity contribution in [3.8, 4) is 0 Å². The van der Waals surface area contributed by atoms with Gasteiger partial charge in [-0.3, -0.25) is 4.99 Å². The summed E-state index contributed by atoms with van der Waals surface area (Å²) in [6.45, 7) is 13.2. The third kappa shape index (κ3) is 5.42. The number of nitrogens with one attached hydrogen (secondary N) is 1. The van der Waals surface area contributed by atoms with Gasteiger partial charge in [-0.2, -0.15) is 5.10 Å². The highest BCUT2D eigenvalue weighted by atomic mass is 15.3. The Labute approximate surface area is 160 Å². The average molecular weight is 354 g/mol. The van der Waals surface area contributed by atoms with Gasteiger partial charge >= 0.3 is 0 Å². The fourth-order valence-corrected chi connectivity index (χ4v) is 2.83. The Morgan fingerprint density at radius 2 is 1.96 bits per heavy atom. The summed E-state index contributed by atoms with van der Waals surface area (Å²) in [5.74, 6) is 0. The van der Waals surface area contributed by atoms with Crippen molar-refractivity contribution in [2.75, 3.05) is 7.05 Å². The SMILES string of the molecule is C/C=C(\C=C/CC)C(C)(/C=C\C(C)(C)C1(C)C=CC=NC=C1)/C=N\NC. The van der Waals surface area contributed by atoms with Crippen molar-refractivity contribution in [2.24, 2.45) is 26.3 Å². The molecule has 0 aromatic carbocycles. The number of hydrogen-bond donors (Lipinski definition) is 1. The van der Waals surface area contributed by atoms with Crippen molar-refractivity contribution in [1.82, 2.24) is 5.43 Å². The predicted octanol–water partition coefficient (Wildman–Crippen LogP) is 5.85. The minimum atomic E-state index is -0.286. The minimum Gasteiger partial charge on any atom is -0.313 e. The molecule has 2 unspecified atom stereocenters. The van der Waals surface area contributed by atoms with Gasteiger partial charge in [0.25, 0.3) is 0 Å². The molecule has 142 valence electrons. The van der Waals surface area contributed by atoms with Crippen LogP contribution >= 0.6 is 0 Å². The maximum atomic E-state index is 4.32. The fourth-order valence-electron chi connectivity index (χ4n) is 2.83. The smallest absolute Gasteiger partial charge is 0.0471 e. The number of hydrazone groups is 1. The molecule has 0 aromatic rings. The van der Waals surface area contributed by atoms with E-state index in [1.54, 1.807) is 0 Å². The molecule has 0 radical (unpaired) electrons. The molecule has 0 fully saturated rings. The van der Waals surface area contributed by atoms with Gasteiger partial charge in [-0.05, 0) is 37.3 Å². The summed E-state index contributed by atoms with van der Waals surface area (Å²) < 4.78 is 0. The van der Waals surface area contributed by atoms with Crippen LogP contribution in [0.2, 0.25) is 0 Å². The van der Waals surface area contributed by atoms with Crippen molar-refractivity contribution < 1.29 is 0 Å². The van der Waals surface area contributed by atoms with E-state index in [-0.39, 0.29) is 16.2 Å². The van der Waals surface area contributed by atoms with E-state index < -0.39 is 0 Å². The van der Waals surface area contributed by atoms with Gasteiger partial charge in [0.05, 0.1) is 0 Å². The first-order valence-corrected chi connectivity index (χ1v) is 9.38. The quantitative estimate of drug-likeness (QED) is 0.252. The molecular weight excluding hydrogens is 318 g/mol. The number of nitrogens with zero attached hydrogens (tertiary/aromatic N) is 2. The Kier molecular flexibility index (Phi) is 8.01. The molecule has 0 aromatic heterocycles. The standard InChI is InChI=1S/C23H35N3/c1-8-10-12-20(9-2)22(5,19-26-24-7)15-14-21(3,4)23(6)13-11-17-25-18-16-23/h9-19,24H,8H2,1-7H3/b12-10-,15-14-,20-9+,26-19-. The third-order valence-electron chi connectivity index (χ3n) is 5.28. The molecule has 0 saturated heterocycles. The molecule has 0 saturated carbocycles. The summed E-state index contributed by atoms with van der Waals surface area (Å²) in [7, 11) is 1.82. The van der Waals surface area contributed by atoms with Gasteiger partial charge < -0.3 is 5.43 Å². The van der Waals surface area contributed by atoms with E-state index >= 15 is 0 Å². The van der Waals surface area contributed by atoms with Gasteiger partial charge in [-0.15, -0.1) is 0 Å². The average Bonchev–Trinajstić information content (AvgIpc) is 2.85. The number of aliphatic imine (C=N–C) groups is 1. The molecule has 3 heteroatoms. The summed E-state index contributed by atoms with van der Waals surface area (Å²) in [5, 5.41) is 4.32. The lowest BCUT2D eigenvalue weighted by Crippen LogP contribution is -2.31. The number of hydrogen-bond acceptors (Lipinski definition) is 3. The van der Waals surface area contributed by atoms with Gasteiger partial charge in [0, 0.05) is 36.5 Å². The molecular formula is C23H35N3. The first-order valence-electron chi connectivity index (χ1n) is 9.38. The second-order valence-electron chi connectivity index (χ2n) is 7.63. The summed E-state index contributed by atoms with van der Waals surface area (Å²) in [6.07, 6.45) is 24.2. The first kappa shape index (κ1) is 21.9. The maximum absolute atomic E-state index is 4.32. The second kappa shape index (κ2) is 9.51. The largest absolute Gasteiger partial charge is 0.313 e. The minimum absolute atomic E-state index is 0.0875. The molecule has 1 aliphatic rings. The highest BCUT2D eigenvalue weighted by molar-refractivity contribution is 5.74. The molecule has 1 N–H and O–H groups in total. The number of allylic oxidation sites excluding steroid dienone is 9. The maximum Gasteiger partial charge on any atom is 0.0471 e. The molecule has 1 aliphatic heterocycles. The Morgan fingerprint density at radius 3 is 2.58 bits per heavy atom. The topological polar surface area (TPSA) is 36.8 Å². The summed E-state index contributed by atoms with van der Waals surface area (Å²) in [4.78, 5) is 4.24. The van der Waals surface area contributed by atoms with Crippen molar-refractivity contribution in [2.45, 2.75) is 48.0 Å². The van der Waals surface area contributed by atoms with Gasteiger partial charge in [-0.25, -0.2) is 0 Å². The van der Waals surface area contributed by atoms with Gasteiger partial charge in [0.2, 0.25) is 0 Å². The van der Waals surface area contributed by atoms with Gasteiger partial charge in [0.15, 0.2) is 0 Å². The Hall–Kier alpha value is -2.16. The van der Waals surface area contributed by atoms with Crippen LogP contribution in [0.25, 0.3) is 0 Å². The summed E-state index contributed by atoms with van der Waals surface area (Å²) in [5.41, 5.74) is 3.62. The van der Waals surface area contributed by atoms with E-state index in [0.717, 1.165) is 6.42 Å². The summed E-state index contributed by atoms with van der Waals surface area (Å²) >= 11 is 0. The van der Waals surface area contributed by atoms with Crippen LogP contribution in [0.5, 0.6) is 0 Å². The van der Waals surface area contributed by atoms with E-state index in [2.05, 4.69) is 99.6 Å². The van der Waals surface area contributed by atoms with Crippen LogP contribution in [0.15, 0.2) is 70.5 Å². The van der Waals surface area contributed by atoms with Crippen molar-refractivity contribution in [3.05, 3.63) is 60.4 Å². The zero-order chi connectivity index (χ0) is 19.7. The molecule has 3 nitrogen and oxygen atoms in total. The van der Waals surface area contributed by atoms with E-state index in [1.165, 1.54) is 5.57 Å². The van der Waals surface area contributed by atoms with Crippen LogP contribution in [-0.4, -0.2) is 19.5 Å². The monoisotopic (exact) mass is 353 g/mol. The molecule has 0 aliphatic carbocycles. The molecule has 1 rings (SSSR count). The summed E-state index contributed by atoms with van der Waals surface area (Å²) in [6, 6.07) is 0. The van der Waals surface area contributed by atoms with Gasteiger partial charge in [-0.1, -0.05) is 70.2 Å². The molecule has 0 spiro atoms. The van der Waals surface area contributed by atoms with Crippen LogP contribution in [0, 0.1) is 16.2 Å². The van der Waals surface area contributed by atoms with Crippen LogP contribution in [0.3, 0.4) is 0 Å². The molecule has 1 heterocycles. The second-order valence-corrected chi connectivity index (χ2v) is 7.63. The zero-order valence-corrected chi connectivity index (χ0v) is 17.5. The van der Waals surface area contributed by atoms with Crippen molar-refractivity contribution >= 4 is 12.4 Å². The predicted molar refractivity (Wildman–Crippen MR) is 117 cm³/mol. The Bertz CT molecular complexity index is 641. The molecule has 0 amide bonds. The lowest BCUT2D eigenvalue weighted by molar-refractivity contribution is 0.271. The highest BCUT2D eigenvalue weighted by Gasteiger charge is 2.36. The zero-order valence-electron chi connectivity index (χ0n) is 17.5. The van der Waals surface area contributed by atoms with Crippen LogP contribution in [0.1, 0.15) is 48.0 Å². The number of rotatable bonds is 8. The van der Waals surface area contributed by atoms with Crippen LogP contribution in [0.4, 0.5) is 0 Å². The van der Waals surface area contributed by atoms with E-state index in [0.29, 0.717) is 0 Å². The normalized spacial score (nSPS) is 23.9. The van der Waals surface area contributed by atoms with Crippen LogP contribution in [-0.2, 0) is 0 Å². The molecule has 2 atom stereocenters. The van der Waals surface area contributed by atoms with Crippen molar-refractivity contribution in [3.63, 3.8) is 0 Å². The third-order valence-corrected chi connectivity index (χ3v) is 5.28. The first-order chi connectivity index (χ1) is 12.2. The highest BCUT2D eigenvalue weighted by Crippen LogP contribution is 2.44. The molecule has 26 heavy (non-hydrogen) atoms. The van der Waals surface area contributed by atoms with E-state index in [4.69, 9.17) is 0 Å². The molecule has 0 bridgehead atoms. The van der Waals surface area contributed by atoms with Gasteiger partial charge in [0.1, 0.15) is 0 Å². The van der Waals surface area contributed by atoms with E-state index in [1.807, 2.05) is 31.8 Å². The Balaban J connectivity index is 3.28. The van der Waals surface area contributed by atoms with Crippen LogP contribution < -0.4 is 5.43 Å². The Morgan fingerprint density at radius 1 is 1.23 bits per heavy atom. The van der Waals surface area contributed by atoms with Crippen molar-refractivity contribution in [1.29, 1.82) is 0 Å². The van der Waals surface area contributed by atoms with E-state index in [9.17, 15) is 0 Å². The lowest BCUT2D eigenvalue weighted by Gasteiger charge is -2.38. The lowest BCUT2D eigenvalue weighted by atomic mass is 9.65. The fraction of sp³-hybridized carbons (Fsp3) is 0.478.